The van der Waals surface area contributed by atoms with E-state index in [1.165, 1.54) is 11.3 Å². The van der Waals surface area contributed by atoms with E-state index < -0.39 is 11.7 Å². The molecule has 0 aliphatic carbocycles. The molecule has 0 aliphatic heterocycles. The van der Waals surface area contributed by atoms with Crippen LogP contribution in [0.25, 0.3) is 0 Å². The van der Waals surface area contributed by atoms with Crippen molar-refractivity contribution < 1.29 is 19.1 Å². The summed E-state index contributed by atoms with van der Waals surface area (Å²) >= 11 is 1.39. The normalized spacial score (nSPS) is 9.89. The van der Waals surface area contributed by atoms with Crippen LogP contribution in [0.4, 0.5) is 4.79 Å². The summed E-state index contributed by atoms with van der Waals surface area (Å²) in [6.07, 6.45) is -0.437. The minimum Gasteiger partial charge on any atom is -0.468 e. The Morgan fingerprint density at radius 1 is 1.53 bits per heavy atom. The molecule has 0 saturated carbocycles. The molecule has 0 bridgehead atoms. The Morgan fingerprint density at radius 2 is 2.21 bits per heavy atom. The van der Waals surface area contributed by atoms with Crippen LogP contribution in [0.5, 0.6) is 0 Å². The highest BCUT2D eigenvalue weighted by molar-refractivity contribution is 7.09. The molecule has 0 saturated heterocycles. The lowest BCUT2D eigenvalue weighted by Crippen LogP contribution is -2.32. The molecule has 7 nitrogen and oxygen atoms in total. The minimum absolute atomic E-state index is 0.361. The zero-order valence-electron chi connectivity index (χ0n) is 11.5. The van der Waals surface area contributed by atoms with Gasteiger partial charge < -0.3 is 14.8 Å². The number of aromatic nitrogens is 2. The summed E-state index contributed by atoms with van der Waals surface area (Å²) in [5.41, 5.74) is 1.15. The highest BCUT2D eigenvalue weighted by atomic mass is 32.1. The molecule has 1 amide bonds. The molecule has 1 heterocycles. The molecule has 1 N–H and O–H groups in total. The fraction of sp³-hybridized carbons (Fsp3) is 0.636. The van der Waals surface area contributed by atoms with Crippen molar-refractivity contribution in [1.29, 1.82) is 0 Å². The van der Waals surface area contributed by atoms with E-state index >= 15 is 0 Å². The molecule has 0 unspecified atom stereocenters. The smallest absolute Gasteiger partial charge is 0.408 e. The molecule has 0 aromatic carbocycles. The Kier molecular flexibility index (Phi) is 8.43. The molecule has 19 heavy (non-hydrogen) atoms. The van der Waals surface area contributed by atoms with Gasteiger partial charge in [0.2, 0.25) is 0 Å². The molecule has 8 heteroatoms. The number of carbonyl (C=O) groups is 2. The quantitative estimate of drug-likeness (QED) is 0.849. The SMILES string of the molecule is CC(C)(C)OC(=O)NCc1nncs1.CCOC=O. The van der Waals surface area contributed by atoms with Gasteiger partial charge in [-0.05, 0) is 27.7 Å². The average Bonchev–Trinajstić information content (AvgIpc) is 2.79. The topological polar surface area (TPSA) is 90.4 Å². The van der Waals surface area contributed by atoms with Crippen molar-refractivity contribution in [2.24, 2.45) is 0 Å². The first-order chi connectivity index (χ1) is 8.89. The highest BCUT2D eigenvalue weighted by Gasteiger charge is 2.15. The number of hydrogen-bond donors (Lipinski definition) is 1. The number of carbonyl (C=O) groups excluding carboxylic acids is 2. The summed E-state index contributed by atoms with van der Waals surface area (Å²) in [6.45, 7) is 8.48. The van der Waals surface area contributed by atoms with Gasteiger partial charge in [-0.15, -0.1) is 21.5 Å². The lowest BCUT2D eigenvalue weighted by Gasteiger charge is -2.19. The van der Waals surface area contributed by atoms with Gasteiger partial charge in [0, 0.05) is 0 Å². The first-order valence-corrected chi connectivity index (χ1v) is 6.54. The van der Waals surface area contributed by atoms with E-state index in [4.69, 9.17) is 4.74 Å². The van der Waals surface area contributed by atoms with Gasteiger partial charge in [0.25, 0.3) is 6.47 Å². The Bertz CT molecular complexity index is 363. The van der Waals surface area contributed by atoms with Gasteiger partial charge in [-0.3, -0.25) is 4.79 Å². The second-order valence-electron chi connectivity index (χ2n) is 4.24. The van der Waals surface area contributed by atoms with Gasteiger partial charge in [-0.2, -0.15) is 0 Å². The van der Waals surface area contributed by atoms with E-state index in [-0.39, 0.29) is 0 Å². The van der Waals surface area contributed by atoms with E-state index in [1.54, 1.807) is 12.4 Å². The van der Waals surface area contributed by atoms with Crippen molar-refractivity contribution >= 4 is 23.9 Å². The fourth-order valence-electron chi connectivity index (χ4n) is 0.803. The van der Waals surface area contributed by atoms with Gasteiger partial charge in [-0.25, -0.2) is 4.79 Å². The molecule has 0 spiro atoms. The molecule has 108 valence electrons. The van der Waals surface area contributed by atoms with Gasteiger partial charge in [-0.1, -0.05) is 0 Å². The van der Waals surface area contributed by atoms with Crippen LogP contribution in [0, 0.1) is 0 Å². The zero-order chi connectivity index (χ0) is 14.7. The number of alkyl carbamates (subject to hydrolysis) is 1. The summed E-state index contributed by atoms with van der Waals surface area (Å²) in [4.78, 5) is 20.4. The number of ether oxygens (including phenoxy) is 2. The third kappa shape index (κ3) is 11.1. The lowest BCUT2D eigenvalue weighted by atomic mass is 10.2. The van der Waals surface area contributed by atoms with E-state index in [0.717, 1.165) is 5.01 Å². The molecule has 1 rings (SSSR count). The van der Waals surface area contributed by atoms with Crippen molar-refractivity contribution in [2.45, 2.75) is 39.8 Å². The maximum atomic E-state index is 11.2. The van der Waals surface area contributed by atoms with E-state index in [1.807, 2.05) is 20.8 Å². The van der Waals surface area contributed by atoms with Gasteiger partial charge >= 0.3 is 6.09 Å². The second kappa shape index (κ2) is 9.26. The maximum Gasteiger partial charge on any atom is 0.408 e. The molecule has 0 atom stereocenters. The molecule has 1 aromatic heterocycles. The van der Waals surface area contributed by atoms with Crippen LogP contribution in [0.15, 0.2) is 5.51 Å². The van der Waals surface area contributed by atoms with Crippen LogP contribution in [-0.4, -0.2) is 35.0 Å². The number of hydrogen-bond acceptors (Lipinski definition) is 7. The Balaban J connectivity index is 0.000000555. The van der Waals surface area contributed by atoms with E-state index in [0.29, 0.717) is 19.6 Å². The van der Waals surface area contributed by atoms with Crippen LogP contribution in [-0.2, 0) is 20.8 Å². The van der Waals surface area contributed by atoms with Gasteiger partial charge in [0.1, 0.15) is 16.1 Å². The molecule has 0 radical (unpaired) electrons. The number of rotatable bonds is 4. The Hall–Kier alpha value is -1.70. The number of amides is 1. The predicted octanol–water partition coefficient (Wildman–Crippen LogP) is 1.74. The summed E-state index contributed by atoms with van der Waals surface area (Å²) < 4.78 is 9.20. The van der Waals surface area contributed by atoms with Crippen LogP contribution in [0.3, 0.4) is 0 Å². The van der Waals surface area contributed by atoms with Gasteiger partial charge in [0.15, 0.2) is 0 Å². The first kappa shape index (κ1) is 17.3. The first-order valence-electron chi connectivity index (χ1n) is 5.66. The Morgan fingerprint density at radius 3 is 2.58 bits per heavy atom. The predicted molar refractivity (Wildman–Crippen MR) is 70.7 cm³/mol. The van der Waals surface area contributed by atoms with Crippen LogP contribution >= 0.6 is 11.3 Å². The summed E-state index contributed by atoms with van der Waals surface area (Å²) in [6, 6.07) is 0. The van der Waals surface area contributed by atoms with Crippen LogP contribution < -0.4 is 5.32 Å². The third-order valence-electron chi connectivity index (χ3n) is 1.42. The molecular weight excluding hydrogens is 270 g/mol. The van der Waals surface area contributed by atoms with Crippen molar-refractivity contribution in [3.8, 4) is 0 Å². The van der Waals surface area contributed by atoms with Gasteiger partial charge in [0.05, 0.1) is 13.2 Å². The summed E-state index contributed by atoms with van der Waals surface area (Å²) in [7, 11) is 0. The van der Waals surface area contributed by atoms with E-state index in [9.17, 15) is 9.59 Å². The van der Waals surface area contributed by atoms with Crippen molar-refractivity contribution in [2.75, 3.05) is 6.61 Å². The number of nitrogens with zero attached hydrogens (tertiary/aromatic N) is 2. The van der Waals surface area contributed by atoms with Crippen molar-refractivity contribution in [3.05, 3.63) is 10.5 Å². The molecule has 0 aliphatic rings. The molecule has 1 aromatic rings. The lowest BCUT2D eigenvalue weighted by molar-refractivity contribution is -0.128. The third-order valence-corrected chi connectivity index (χ3v) is 2.12. The fourth-order valence-corrected chi connectivity index (χ4v) is 1.27. The summed E-state index contributed by atoms with van der Waals surface area (Å²) in [5.74, 6) is 0. The summed E-state index contributed by atoms with van der Waals surface area (Å²) in [5, 5.41) is 10.8. The molecular formula is C11H19N3O4S. The monoisotopic (exact) mass is 289 g/mol. The highest BCUT2D eigenvalue weighted by Crippen LogP contribution is 2.07. The maximum absolute atomic E-state index is 11.2. The largest absolute Gasteiger partial charge is 0.468 e. The van der Waals surface area contributed by atoms with E-state index in [2.05, 4.69) is 20.3 Å². The number of nitrogens with one attached hydrogen (secondary N) is 1. The van der Waals surface area contributed by atoms with Crippen LogP contribution in [0.2, 0.25) is 0 Å². The zero-order valence-corrected chi connectivity index (χ0v) is 12.3. The standard InChI is InChI=1S/C8H13N3O2S.C3H6O2/c1-8(2,3)13-7(12)9-4-6-11-10-5-14-6;1-2-5-3-4/h5H,4H2,1-3H3,(H,9,12);3H,2H2,1H3. The second-order valence-corrected chi connectivity index (χ2v) is 5.16. The average molecular weight is 289 g/mol. The van der Waals surface area contributed by atoms with Crippen molar-refractivity contribution in [3.63, 3.8) is 0 Å². The van der Waals surface area contributed by atoms with Crippen LogP contribution in [0.1, 0.15) is 32.7 Å². The minimum atomic E-state index is -0.467. The van der Waals surface area contributed by atoms with Crippen molar-refractivity contribution in [1.82, 2.24) is 15.5 Å². The molecule has 0 fully saturated rings. The Labute approximate surface area is 116 Å².